The first kappa shape index (κ1) is 18.2. The Labute approximate surface area is 171 Å². The lowest BCUT2D eigenvalue weighted by Gasteiger charge is -2.28. The second-order valence-corrected chi connectivity index (χ2v) is 7.42. The SMILES string of the molecule is Cn1cc(-c2cnc3nc4c(cc3c2)CN(C(=O)c2ccc(=O)n(C)n2)CC4)cn1. The van der Waals surface area contributed by atoms with Crippen LogP contribution in [0.2, 0.25) is 0 Å². The second-order valence-electron chi connectivity index (χ2n) is 7.42. The third-order valence-corrected chi connectivity index (χ3v) is 5.32. The van der Waals surface area contributed by atoms with Crippen LogP contribution < -0.4 is 5.56 Å². The Hall–Kier alpha value is -3.88. The summed E-state index contributed by atoms with van der Waals surface area (Å²) in [6.45, 7) is 0.987. The van der Waals surface area contributed by atoms with Gasteiger partial charge in [-0.15, -0.1) is 0 Å². The number of rotatable bonds is 2. The van der Waals surface area contributed by atoms with E-state index in [-0.39, 0.29) is 17.2 Å². The molecule has 5 rings (SSSR count). The summed E-state index contributed by atoms with van der Waals surface area (Å²) in [6.07, 6.45) is 6.20. The van der Waals surface area contributed by atoms with Crippen LogP contribution >= 0.6 is 0 Å². The fraction of sp³-hybridized carbons (Fsp3) is 0.238. The first-order valence-electron chi connectivity index (χ1n) is 9.59. The lowest BCUT2D eigenvalue weighted by atomic mass is 10.0. The lowest BCUT2D eigenvalue weighted by Crippen LogP contribution is -2.37. The Balaban J connectivity index is 1.47. The molecule has 0 aliphatic carbocycles. The summed E-state index contributed by atoms with van der Waals surface area (Å²) in [5.74, 6) is -0.196. The molecule has 0 saturated carbocycles. The van der Waals surface area contributed by atoms with E-state index in [0.29, 0.717) is 25.2 Å². The molecule has 5 heterocycles. The summed E-state index contributed by atoms with van der Waals surface area (Å²) >= 11 is 0. The minimum Gasteiger partial charge on any atom is -0.332 e. The van der Waals surface area contributed by atoms with Crippen molar-refractivity contribution in [3.63, 3.8) is 0 Å². The van der Waals surface area contributed by atoms with Gasteiger partial charge >= 0.3 is 0 Å². The first-order chi connectivity index (χ1) is 14.5. The molecular formula is C21H19N7O2. The van der Waals surface area contributed by atoms with Gasteiger partial charge in [-0.05, 0) is 23.8 Å². The van der Waals surface area contributed by atoms with Crippen molar-refractivity contribution < 1.29 is 4.79 Å². The maximum atomic E-state index is 12.9. The van der Waals surface area contributed by atoms with Crippen LogP contribution in [0.25, 0.3) is 22.2 Å². The van der Waals surface area contributed by atoms with Gasteiger partial charge < -0.3 is 4.90 Å². The van der Waals surface area contributed by atoms with E-state index in [2.05, 4.69) is 21.2 Å². The van der Waals surface area contributed by atoms with Crippen LogP contribution in [0.5, 0.6) is 0 Å². The van der Waals surface area contributed by atoms with Gasteiger partial charge in [0.1, 0.15) is 5.69 Å². The Bertz CT molecular complexity index is 1360. The zero-order chi connectivity index (χ0) is 20.8. The number of hydrogen-bond acceptors (Lipinski definition) is 6. The van der Waals surface area contributed by atoms with Gasteiger partial charge in [0.05, 0.1) is 6.20 Å². The molecule has 9 nitrogen and oxygen atoms in total. The van der Waals surface area contributed by atoms with Crippen LogP contribution in [0.3, 0.4) is 0 Å². The highest BCUT2D eigenvalue weighted by atomic mass is 16.2. The van der Waals surface area contributed by atoms with Gasteiger partial charge in [0.2, 0.25) is 0 Å². The molecule has 0 aromatic carbocycles. The van der Waals surface area contributed by atoms with Gasteiger partial charge in [-0.25, -0.2) is 14.6 Å². The van der Waals surface area contributed by atoms with Gasteiger partial charge in [-0.2, -0.15) is 10.2 Å². The minimum atomic E-state index is -0.247. The van der Waals surface area contributed by atoms with Gasteiger partial charge in [-0.1, -0.05) is 0 Å². The third-order valence-electron chi connectivity index (χ3n) is 5.32. The molecule has 0 saturated heterocycles. The zero-order valence-corrected chi connectivity index (χ0v) is 16.6. The maximum absolute atomic E-state index is 12.9. The number of fused-ring (bicyclic) bond motifs is 2. The van der Waals surface area contributed by atoms with Crippen LogP contribution in [0.15, 0.2) is 47.7 Å². The summed E-state index contributed by atoms with van der Waals surface area (Å²) in [5.41, 5.74) is 4.62. The van der Waals surface area contributed by atoms with Crippen molar-refractivity contribution in [2.24, 2.45) is 14.1 Å². The molecule has 1 aliphatic rings. The topological polar surface area (TPSA) is 98.8 Å². The third kappa shape index (κ3) is 3.14. The van der Waals surface area contributed by atoms with Crippen molar-refractivity contribution in [2.75, 3.05) is 6.54 Å². The molecule has 0 atom stereocenters. The fourth-order valence-corrected chi connectivity index (χ4v) is 3.70. The van der Waals surface area contributed by atoms with Crippen molar-refractivity contribution in [2.45, 2.75) is 13.0 Å². The number of carbonyl (C=O) groups excluding carboxylic acids is 1. The van der Waals surface area contributed by atoms with Crippen molar-refractivity contribution in [3.8, 4) is 11.1 Å². The molecule has 0 N–H and O–H groups in total. The normalized spacial score (nSPS) is 13.5. The number of hydrogen-bond donors (Lipinski definition) is 0. The van der Waals surface area contributed by atoms with Crippen LogP contribution in [0.4, 0.5) is 0 Å². The van der Waals surface area contributed by atoms with E-state index in [1.807, 2.05) is 25.5 Å². The van der Waals surface area contributed by atoms with Crippen molar-refractivity contribution in [3.05, 3.63) is 70.2 Å². The van der Waals surface area contributed by atoms with Crippen molar-refractivity contribution in [1.29, 1.82) is 0 Å². The predicted octanol–water partition coefficient (Wildman–Crippen LogP) is 1.32. The molecule has 0 bridgehead atoms. The lowest BCUT2D eigenvalue weighted by molar-refractivity contribution is 0.0725. The Morgan fingerprint density at radius 1 is 1.10 bits per heavy atom. The molecule has 0 spiro atoms. The van der Waals surface area contributed by atoms with E-state index in [1.54, 1.807) is 15.8 Å². The smallest absolute Gasteiger partial charge is 0.274 e. The van der Waals surface area contributed by atoms with E-state index < -0.39 is 0 Å². The molecule has 0 unspecified atom stereocenters. The van der Waals surface area contributed by atoms with Gasteiger partial charge in [0, 0.05) is 74.3 Å². The van der Waals surface area contributed by atoms with Crippen LogP contribution in [-0.2, 0) is 27.1 Å². The largest absolute Gasteiger partial charge is 0.332 e. The van der Waals surface area contributed by atoms with Crippen LogP contribution in [-0.4, -0.2) is 46.9 Å². The highest BCUT2D eigenvalue weighted by Gasteiger charge is 2.24. The molecule has 1 amide bonds. The number of amides is 1. The van der Waals surface area contributed by atoms with Crippen molar-refractivity contribution in [1.82, 2.24) is 34.4 Å². The molecule has 0 fully saturated rings. The van der Waals surface area contributed by atoms with E-state index in [9.17, 15) is 9.59 Å². The van der Waals surface area contributed by atoms with E-state index in [1.165, 1.54) is 23.9 Å². The molecule has 150 valence electrons. The number of pyridine rings is 2. The summed E-state index contributed by atoms with van der Waals surface area (Å²) in [4.78, 5) is 35.4. The van der Waals surface area contributed by atoms with Gasteiger partial charge in [-0.3, -0.25) is 14.3 Å². The van der Waals surface area contributed by atoms with E-state index >= 15 is 0 Å². The Kier molecular flexibility index (Phi) is 4.16. The monoisotopic (exact) mass is 401 g/mol. The Morgan fingerprint density at radius 2 is 1.97 bits per heavy atom. The first-order valence-corrected chi connectivity index (χ1v) is 9.59. The van der Waals surface area contributed by atoms with Crippen LogP contribution in [0, 0.1) is 0 Å². The number of nitrogens with zero attached hydrogens (tertiary/aromatic N) is 7. The highest BCUT2D eigenvalue weighted by Crippen LogP contribution is 2.26. The second kappa shape index (κ2) is 6.87. The quantitative estimate of drug-likeness (QED) is 0.502. The summed E-state index contributed by atoms with van der Waals surface area (Å²) in [6, 6.07) is 6.93. The molecule has 4 aromatic rings. The molecular weight excluding hydrogens is 382 g/mol. The summed E-state index contributed by atoms with van der Waals surface area (Å²) in [5, 5.41) is 9.22. The number of aryl methyl sites for hydroxylation is 2. The number of aromatic nitrogens is 6. The molecule has 1 aliphatic heterocycles. The van der Waals surface area contributed by atoms with Gasteiger partial charge in [0.25, 0.3) is 11.5 Å². The molecule has 30 heavy (non-hydrogen) atoms. The summed E-state index contributed by atoms with van der Waals surface area (Å²) < 4.78 is 2.92. The average molecular weight is 401 g/mol. The fourth-order valence-electron chi connectivity index (χ4n) is 3.70. The van der Waals surface area contributed by atoms with Crippen molar-refractivity contribution >= 4 is 16.9 Å². The van der Waals surface area contributed by atoms with E-state index in [4.69, 9.17) is 4.98 Å². The van der Waals surface area contributed by atoms with E-state index in [0.717, 1.165) is 27.8 Å². The zero-order valence-electron chi connectivity index (χ0n) is 16.6. The number of carbonyl (C=O) groups is 1. The molecule has 9 heteroatoms. The summed E-state index contributed by atoms with van der Waals surface area (Å²) in [7, 11) is 3.41. The highest BCUT2D eigenvalue weighted by molar-refractivity contribution is 5.92. The van der Waals surface area contributed by atoms with Gasteiger partial charge in [0.15, 0.2) is 5.65 Å². The maximum Gasteiger partial charge on any atom is 0.274 e. The Morgan fingerprint density at radius 3 is 2.73 bits per heavy atom. The predicted molar refractivity (Wildman–Crippen MR) is 110 cm³/mol. The standard InChI is InChI=1S/C21H19N7O2/c1-26-11-16(10-23-26)14-7-13-8-15-12-28(6-5-17(15)24-20(13)22-9-14)21(30)18-3-4-19(29)27(2)25-18/h3-4,7-11H,5-6,12H2,1-2H3. The average Bonchev–Trinajstić information content (AvgIpc) is 3.19. The molecule has 0 radical (unpaired) electrons. The minimum absolute atomic E-state index is 0.196. The van der Waals surface area contributed by atoms with Crippen LogP contribution in [0.1, 0.15) is 21.7 Å². The molecule has 4 aromatic heterocycles.